The van der Waals surface area contributed by atoms with Crippen LogP contribution < -0.4 is 15.4 Å². The molecule has 0 aliphatic carbocycles. The van der Waals surface area contributed by atoms with E-state index in [0.717, 1.165) is 26.3 Å². The van der Waals surface area contributed by atoms with Gasteiger partial charge in [0.05, 0.1) is 19.8 Å². The zero-order chi connectivity index (χ0) is 21.3. The molecule has 10 heteroatoms. The second-order valence-corrected chi connectivity index (χ2v) is 7.47. The van der Waals surface area contributed by atoms with Crippen molar-refractivity contribution in [3.63, 3.8) is 0 Å². The highest BCUT2D eigenvalue weighted by atomic mass is 127. The van der Waals surface area contributed by atoms with Crippen molar-refractivity contribution in [3.05, 3.63) is 29.8 Å². The molecule has 1 aromatic rings. The molecule has 30 heavy (non-hydrogen) atoms. The van der Waals surface area contributed by atoms with Gasteiger partial charge in [0, 0.05) is 37.3 Å². The van der Waals surface area contributed by atoms with Crippen LogP contribution in [0.4, 0.5) is 13.2 Å². The Balaban J connectivity index is 0.00000450. The van der Waals surface area contributed by atoms with Crippen LogP contribution in [0, 0.1) is 0 Å². The Hall–Kier alpha value is -1.27. The third-order valence-electron chi connectivity index (χ3n) is 4.67. The molecule has 0 aromatic heterocycles. The molecule has 172 valence electrons. The van der Waals surface area contributed by atoms with Crippen LogP contribution in [0.15, 0.2) is 29.3 Å². The van der Waals surface area contributed by atoms with Crippen molar-refractivity contribution in [2.45, 2.75) is 39.0 Å². The summed E-state index contributed by atoms with van der Waals surface area (Å²) >= 11 is 0. The largest absolute Gasteiger partial charge is 0.484 e. The molecule has 0 bridgehead atoms. The number of ether oxygens (including phenoxy) is 2. The minimum absolute atomic E-state index is 0. The number of morpholine rings is 1. The Morgan fingerprint density at radius 3 is 2.47 bits per heavy atom. The van der Waals surface area contributed by atoms with E-state index in [0.29, 0.717) is 24.6 Å². The van der Waals surface area contributed by atoms with Gasteiger partial charge in [0.1, 0.15) is 5.75 Å². The minimum Gasteiger partial charge on any atom is -0.484 e. The zero-order valence-corrected chi connectivity index (χ0v) is 20.0. The number of rotatable bonds is 8. The number of hydrogen-bond acceptors (Lipinski definition) is 4. The van der Waals surface area contributed by atoms with Crippen LogP contribution in [-0.2, 0) is 11.3 Å². The third kappa shape index (κ3) is 9.25. The van der Waals surface area contributed by atoms with Gasteiger partial charge in [-0.2, -0.15) is 13.2 Å². The number of benzene rings is 1. The number of halogens is 4. The lowest BCUT2D eigenvalue weighted by atomic mass is 10.0. The number of aliphatic imine (C=N–C) groups is 1. The summed E-state index contributed by atoms with van der Waals surface area (Å²) in [6, 6.07) is 6.65. The first kappa shape index (κ1) is 26.8. The van der Waals surface area contributed by atoms with Crippen molar-refractivity contribution in [2.24, 2.45) is 4.99 Å². The van der Waals surface area contributed by atoms with E-state index in [9.17, 15) is 13.2 Å². The minimum atomic E-state index is -4.38. The van der Waals surface area contributed by atoms with Crippen LogP contribution in [0.3, 0.4) is 0 Å². The fourth-order valence-electron chi connectivity index (χ4n) is 3.02. The first-order chi connectivity index (χ1) is 13.7. The Bertz CT molecular complexity index is 666. The molecule has 0 radical (unpaired) electrons. The second kappa shape index (κ2) is 12.6. The van der Waals surface area contributed by atoms with Gasteiger partial charge in [-0.1, -0.05) is 18.2 Å². The van der Waals surface area contributed by atoms with Crippen molar-refractivity contribution in [1.82, 2.24) is 15.5 Å². The average molecular weight is 544 g/mol. The molecule has 0 saturated carbocycles. The Labute approximate surface area is 193 Å². The Kier molecular flexibility index (Phi) is 11.2. The second-order valence-electron chi connectivity index (χ2n) is 7.47. The van der Waals surface area contributed by atoms with Crippen molar-refractivity contribution in [2.75, 3.05) is 46.0 Å². The lowest BCUT2D eigenvalue weighted by Gasteiger charge is -2.41. The SMILES string of the molecule is CCNC(=NCc1ccccc1OCC(F)(F)F)NCC(C)(C)N1CCOCC1.I. The number of nitrogens with one attached hydrogen (secondary N) is 2. The Morgan fingerprint density at radius 2 is 1.83 bits per heavy atom. The van der Waals surface area contributed by atoms with Gasteiger partial charge < -0.3 is 20.1 Å². The molecule has 2 rings (SSSR count). The molecule has 0 unspecified atom stereocenters. The van der Waals surface area contributed by atoms with Crippen molar-refractivity contribution in [1.29, 1.82) is 0 Å². The van der Waals surface area contributed by atoms with E-state index in [4.69, 9.17) is 9.47 Å². The van der Waals surface area contributed by atoms with Crippen LogP contribution in [0.25, 0.3) is 0 Å². The molecular formula is C20H32F3IN4O2. The monoisotopic (exact) mass is 544 g/mol. The van der Waals surface area contributed by atoms with Crippen LogP contribution in [0.1, 0.15) is 26.3 Å². The predicted octanol–water partition coefficient (Wildman–Crippen LogP) is 3.41. The number of alkyl halides is 3. The summed E-state index contributed by atoms with van der Waals surface area (Å²) in [6.07, 6.45) is -4.38. The summed E-state index contributed by atoms with van der Waals surface area (Å²) in [4.78, 5) is 6.90. The molecular weight excluding hydrogens is 512 g/mol. The van der Waals surface area contributed by atoms with Crippen molar-refractivity contribution in [3.8, 4) is 5.75 Å². The standard InChI is InChI=1S/C20H31F3N4O2.HI/c1-4-24-18(26-14-19(2,3)27-9-11-28-12-10-27)25-13-16-7-5-6-8-17(16)29-15-20(21,22)23;/h5-8H,4,9-15H2,1-3H3,(H2,24,25,26);1H. The first-order valence-electron chi connectivity index (χ1n) is 9.84. The smallest absolute Gasteiger partial charge is 0.422 e. The summed E-state index contributed by atoms with van der Waals surface area (Å²) in [5.74, 6) is 0.803. The van der Waals surface area contributed by atoms with E-state index in [-0.39, 0.29) is 41.8 Å². The van der Waals surface area contributed by atoms with Crippen LogP contribution in [0.5, 0.6) is 5.75 Å². The lowest BCUT2D eigenvalue weighted by Crippen LogP contribution is -2.56. The van der Waals surface area contributed by atoms with Gasteiger partial charge in [-0.15, -0.1) is 24.0 Å². The highest BCUT2D eigenvalue weighted by molar-refractivity contribution is 14.0. The van der Waals surface area contributed by atoms with Gasteiger partial charge >= 0.3 is 6.18 Å². The number of hydrogen-bond donors (Lipinski definition) is 2. The summed E-state index contributed by atoms with van der Waals surface area (Å²) in [7, 11) is 0. The third-order valence-corrected chi connectivity index (χ3v) is 4.67. The molecule has 6 nitrogen and oxygen atoms in total. The van der Waals surface area contributed by atoms with Crippen LogP contribution in [0.2, 0.25) is 0 Å². The molecule has 1 aliphatic heterocycles. The highest BCUT2D eigenvalue weighted by Crippen LogP contribution is 2.22. The number of nitrogens with zero attached hydrogens (tertiary/aromatic N) is 2. The summed E-state index contributed by atoms with van der Waals surface area (Å²) in [6.45, 7) is 9.74. The Morgan fingerprint density at radius 1 is 1.17 bits per heavy atom. The maximum atomic E-state index is 12.5. The molecule has 1 aliphatic rings. The molecule has 1 heterocycles. The van der Waals surface area contributed by atoms with Gasteiger partial charge in [-0.05, 0) is 26.8 Å². The maximum absolute atomic E-state index is 12.5. The lowest BCUT2D eigenvalue weighted by molar-refractivity contribution is -0.153. The van der Waals surface area contributed by atoms with Gasteiger partial charge in [0.15, 0.2) is 12.6 Å². The summed E-state index contributed by atoms with van der Waals surface area (Å²) < 4.78 is 47.8. The van der Waals surface area contributed by atoms with E-state index in [1.54, 1.807) is 18.2 Å². The van der Waals surface area contributed by atoms with Crippen LogP contribution >= 0.6 is 24.0 Å². The summed E-state index contributed by atoms with van der Waals surface area (Å²) in [5.41, 5.74) is 0.509. The fraction of sp³-hybridized carbons (Fsp3) is 0.650. The van der Waals surface area contributed by atoms with Crippen LogP contribution in [-0.4, -0.2) is 68.6 Å². The summed E-state index contributed by atoms with van der Waals surface area (Å²) in [5, 5.41) is 6.52. The van der Waals surface area contributed by atoms with E-state index >= 15 is 0 Å². The van der Waals surface area contributed by atoms with Gasteiger partial charge in [0.25, 0.3) is 0 Å². The molecule has 2 N–H and O–H groups in total. The van der Waals surface area contributed by atoms with Crippen molar-refractivity contribution < 1.29 is 22.6 Å². The van der Waals surface area contributed by atoms with Crippen molar-refractivity contribution >= 4 is 29.9 Å². The number of para-hydroxylation sites is 1. The van der Waals surface area contributed by atoms with Gasteiger partial charge in [-0.25, -0.2) is 4.99 Å². The zero-order valence-electron chi connectivity index (χ0n) is 17.7. The van der Waals surface area contributed by atoms with E-state index in [2.05, 4.69) is 34.4 Å². The molecule has 0 atom stereocenters. The highest BCUT2D eigenvalue weighted by Gasteiger charge is 2.29. The average Bonchev–Trinajstić information content (AvgIpc) is 2.69. The van der Waals surface area contributed by atoms with E-state index < -0.39 is 12.8 Å². The van der Waals surface area contributed by atoms with Gasteiger partial charge in [-0.3, -0.25) is 4.90 Å². The quantitative estimate of drug-likeness (QED) is 0.299. The van der Waals surface area contributed by atoms with Gasteiger partial charge in [0.2, 0.25) is 0 Å². The van der Waals surface area contributed by atoms with E-state index in [1.165, 1.54) is 6.07 Å². The normalized spacial score (nSPS) is 16.0. The number of guanidine groups is 1. The topological polar surface area (TPSA) is 58.1 Å². The molecule has 1 aromatic carbocycles. The molecule has 0 amide bonds. The van der Waals surface area contributed by atoms with E-state index in [1.807, 2.05) is 6.92 Å². The maximum Gasteiger partial charge on any atom is 0.422 e. The molecule has 0 spiro atoms. The predicted molar refractivity (Wildman–Crippen MR) is 123 cm³/mol. The molecule has 1 saturated heterocycles. The first-order valence-corrected chi connectivity index (χ1v) is 9.84. The molecule has 1 fully saturated rings. The fourth-order valence-corrected chi connectivity index (χ4v) is 3.02.